The number of sulfonamides is 2. The van der Waals surface area contributed by atoms with Gasteiger partial charge in [0.2, 0.25) is 26.0 Å². The topological polar surface area (TPSA) is 147 Å². The molecule has 30 heavy (non-hydrogen) atoms. The van der Waals surface area contributed by atoms with E-state index in [9.17, 15) is 21.6 Å². The Bertz CT molecular complexity index is 1120. The minimum absolute atomic E-state index is 0.0136. The predicted octanol–water partition coefficient (Wildman–Crippen LogP) is 0.670. The lowest BCUT2D eigenvalue weighted by Crippen LogP contribution is -2.46. The smallest absolute Gasteiger partial charge is 0.246 e. The van der Waals surface area contributed by atoms with Gasteiger partial charge in [-0.1, -0.05) is 17.3 Å². The second-order valence-electron chi connectivity index (χ2n) is 6.95. The molecule has 1 aromatic carbocycles. The summed E-state index contributed by atoms with van der Waals surface area (Å²) in [7, 11) is -7.73. The average molecular weight is 459 g/mol. The van der Waals surface area contributed by atoms with Crippen LogP contribution >= 0.6 is 0 Å². The molecule has 0 aliphatic carbocycles. The molecule has 0 aliphatic heterocycles. The molecule has 2 rings (SSSR count). The number of rotatable bonds is 9. The van der Waals surface area contributed by atoms with E-state index in [2.05, 4.69) is 19.9 Å². The number of carbonyl (C=O) groups excluding carboxylic acids is 1. The van der Waals surface area contributed by atoms with Crippen molar-refractivity contribution in [3.8, 4) is 0 Å². The van der Waals surface area contributed by atoms with Gasteiger partial charge in [0, 0.05) is 13.1 Å². The summed E-state index contributed by atoms with van der Waals surface area (Å²) in [4.78, 5) is 12.3. The molecule has 0 saturated heterocycles. The Balaban J connectivity index is 1.91. The molecule has 0 saturated carbocycles. The number of nitrogens with one attached hydrogen (secondary N) is 3. The van der Waals surface area contributed by atoms with Crippen LogP contribution in [0.1, 0.15) is 29.5 Å². The molecule has 12 heteroatoms. The van der Waals surface area contributed by atoms with Crippen molar-refractivity contribution in [1.29, 1.82) is 0 Å². The van der Waals surface area contributed by atoms with Gasteiger partial charge in [-0.25, -0.2) is 21.6 Å². The fraction of sp³-hybridized carbons (Fsp3) is 0.444. The van der Waals surface area contributed by atoms with Crippen LogP contribution < -0.4 is 14.8 Å². The Kier molecular flexibility index (Phi) is 7.40. The van der Waals surface area contributed by atoms with Crippen molar-refractivity contribution in [2.45, 2.75) is 50.5 Å². The highest BCUT2D eigenvalue weighted by molar-refractivity contribution is 7.89. The van der Waals surface area contributed by atoms with Gasteiger partial charge >= 0.3 is 0 Å². The van der Waals surface area contributed by atoms with Crippen molar-refractivity contribution in [1.82, 2.24) is 19.9 Å². The molecule has 2 aromatic rings. The third kappa shape index (κ3) is 5.65. The van der Waals surface area contributed by atoms with Gasteiger partial charge < -0.3 is 9.84 Å². The summed E-state index contributed by atoms with van der Waals surface area (Å²) >= 11 is 0. The van der Waals surface area contributed by atoms with Crippen LogP contribution in [0.5, 0.6) is 0 Å². The fourth-order valence-corrected chi connectivity index (χ4v) is 5.69. The highest BCUT2D eigenvalue weighted by Crippen LogP contribution is 2.19. The first kappa shape index (κ1) is 24.0. The lowest BCUT2D eigenvalue weighted by molar-refractivity contribution is -0.122. The van der Waals surface area contributed by atoms with Crippen molar-refractivity contribution in [3.63, 3.8) is 0 Å². The number of hydrogen-bond acceptors (Lipinski definition) is 7. The Labute approximate surface area is 176 Å². The van der Waals surface area contributed by atoms with E-state index >= 15 is 0 Å². The molecular weight excluding hydrogens is 432 g/mol. The van der Waals surface area contributed by atoms with E-state index in [1.807, 2.05) is 6.07 Å². The van der Waals surface area contributed by atoms with Crippen LogP contribution in [0.2, 0.25) is 0 Å². The first-order valence-corrected chi connectivity index (χ1v) is 12.1. The monoisotopic (exact) mass is 458 g/mol. The van der Waals surface area contributed by atoms with Crippen molar-refractivity contribution < 1.29 is 26.2 Å². The van der Waals surface area contributed by atoms with Crippen LogP contribution in [0.4, 0.5) is 0 Å². The Morgan fingerprint density at radius 2 is 1.73 bits per heavy atom. The van der Waals surface area contributed by atoms with E-state index in [1.165, 1.54) is 20.8 Å². The number of amides is 1. The fourth-order valence-electron chi connectivity index (χ4n) is 2.80. The van der Waals surface area contributed by atoms with Crippen LogP contribution in [-0.4, -0.2) is 47.0 Å². The van der Waals surface area contributed by atoms with E-state index < -0.39 is 32.0 Å². The highest BCUT2D eigenvalue weighted by atomic mass is 32.2. The molecule has 1 atom stereocenters. The van der Waals surface area contributed by atoms with Crippen molar-refractivity contribution in [3.05, 3.63) is 40.8 Å². The zero-order valence-corrected chi connectivity index (χ0v) is 19.1. The number of carbonyl (C=O) groups is 1. The molecule has 0 unspecified atom stereocenters. The zero-order valence-electron chi connectivity index (χ0n) is 17.4. The average Bonchev–Trinajstić information content (AvgIpc) is 2.99. The standard InChI is InChI=1S/C18H26N4O6S2/c1-11-6-7-12(2)16(10-11)29(24,25)20-9-8-19-18(23)14(4)22-30(26,27)17-13(3)21-28-15(17)5/h6-7,10,14,20,22H,8-9H2,1-5H3,(H,19,23)/t14-/m0/s1. The van der Waals surface area contributed by atoms with Gasteiger partial charge in [0.25, 0.3) is 0 Å². The number of hydrogen-bond donors (Lipinski definition) is 3. The second-order valence-corrected chi connectivity index (χ2v) is 10.3. The summed E-state index contributed by atoms with van der Waals surface area (Å²) in [6.07, 6.45) is 0. The van der Waals surface area contributed by atoms with E-state index in [0.717, 1.165) is 5.56 Å². The van der Waals surface area contributed by atoms with Gasteiger partial charge in [-0.2, -0.15) is 4.72 Å². The molecule has 1 aromatic heterocycles. The first-order valence-electron chi connectivity index (χ1n) is 9.15. The maximum Gasteiger partial charge on any atom is 0.246 e. The lowest BCUT2D eigenvalue weighted by atomic mass is 10.2. The predicted molar refractivity (Wildman–Crippen MR) is 110 cm³/mol. The molecule has 1 heterocycles. The summed E-state index contributed by atoms with van der Waals surface area (Å²) in [5.74, 6) is -0.482. The first-order chi connectivity index (χ1) is 13.8. The maximum absolute atomic E-state index is 12.4. The molecule has 166 valence electrons. The number of aryl methyl sites for hydroxylation is 4. The van der Waals surface area contributed by atoms with Gasteiger partial charge in [0.05, 0.1) is 10.9 Å². The molecule has 0 fully saturated rings. The zero-order chi connectivity index (χ0) is 22.7. The molecule has 10 nitrogen and oxygen atoms in total. The summed E-state index contributed by atoms with van der Waals surface area (Å²) in [5, 5.41) is 6.09. The minimum Gasteiger partial charge on any atom is -0.360 e. The third-order valence-corrected chi connectivity index (χ3v) is 7.70. The number of nitrogens with zero attached hydrogens (tertiary/aromatic N) is 1. The van der Waals surface area contributed by atoms with E-state index in [0.29, 0.717) is 5.56 Å². The van der Waals surface area contributed by atoms with Gasteiger partial charge in [-0.05, 0) is 51.8 Å². The molecule has 0 bridgehead atoms. The normalized spacial score (nSPS) is 13.2. The molecule has 0 radical (unpaired) electrons. The molecule has 0 spiro atoms. The minimum atomic E-state index is -4.00. The molecular formula is C18H26N4O6S2. The van der Waals surface area contributed by atoms with Gasteiger partial charge in [0.15, 0.2) is 5.76 Å². The highest BCUT2D eigenvalue weighted by Gasteiger charge is 2.28. The van der Waals surface area contributed by atoms with Crippen molar-refractivity contribution in [2.24, 2.45) is 0 Å². The van der Waals surface area contributed by atoms with E-state index in [1.54, 1.807) is 26.0 Å². The van der Waals surface area contributed by atoms with Gasteiger partial charge in [-0.15, -0.1) is 0 Å². The van der Waals surface area contributed by atoms with Crippen LogP contribution in [0.15, 0.2) is 32.5 Å². The van der Waals surface area contributed by atoms with Gasteiger partial charge in [-0.3, -0.25) is 4.79 Å². The van der Waals surface area contributed by atoms with Crippen molar-refractivity contribution >= 4 is 26.0 Å². The lowest BCUT2D eigenvalue weighted by Gasteiger charge is -2.15. The van der Waals surface area contributed by atoms with Crippen LogP contribution in [0, 0.1) is 27.7 Å². The Hall–Kier alpha value is -2.28. The number of aromatic nitrogens is 1. The van der Waals surface area contributed by atoms with Gasteiger partial charge in [0.1, 0.15) is 10.6 Å². The van der Waals surface area contributed by atoms with Crippen LogP contribution in [-0.2, 0) is 24.8 Å². The Morgan fingerprint density at radius 3 is 2.33 bits per heavy atom. The van der Waals surface area contributed by atoms with Crippen LogP contribution in [0.3, 0.4) is 0 Å². The van der Waals surface area contributed by atoms with E-state index in [4.69, 9.17) is 4.52 Å². The maximum atomic E-state index is 12.4. The van der Waals surface area contributed by atoms with E-state index in [-0.39, 0.29) is 34.3 Å². The molecule has 1 amide bonds. The third-order valence-electron chi connectivity index (χ3n) is 4.31. The Morgan fingerprint density at radius 1 is 1.07 bits per heavy atom. The summed E-state index contributed by atoms with van der Waals surface area (Å²) in [5.41, 5.74) is 1.61. The summed E-state index contributed by atoms with van der Waals surface area (Å²) in [6, 6.07) is 4.03. The summed E-state index contributed by atoms with van der Waals surface area (Å²) < 4.78 is 59.3. The SMILES string of the molecule is Cc1ccc(C)c(S(=O)(=O)NCCNC(=O)[C@H](C)NS(=O)(=O)c2c(C)noc2C)c1. The second kappa shape index (κ2) is 9.25. The van der Waals surface area contributed by atoms with Crippen molar-refractivity contribution in [2.75, 3.05) is 13.1 Å². The summed E-state index contributed by atoms with van der Waals surface area (Å²) in [6.45, 7) is 7.75. The quantitative estimate of drug-likeness (QED) is 0.468. The molecule has 0 aliphatic rings. The largest absolute Gasteiger partial charge is 0.360 e. The van der Waals surface area contributed by atoms with Crippen LogP contribution in [0.25, 0.3) is 0 Å². The molecule has 3 N–H and O–H groups in total. The number of benzene rings is 1.